The highest BCUT2D eigenvalue weighted by molar-refractivity contribution is 6.33. The predicted octanol–water partition coefficient (Wildman–Crippen LogP) is 6.48. The highest BCUT2D eigenvalue weighted by Gasteiger charge is 2.09. The molecule has 0 unspecified atom stereocenters. The van der Waals surface area contributed by atoms with Gasteiger partial charge in [0.05, 0.1) is 28.3 Å². The molecule has 0 atom stereocenters. The van der Waals surface area contributed by atoms with E-state index < -0.39 is 0 Å². The van der Waals surface area contributed by atoms with Crippen LogP contribution >= 0.6 is 11.6 Å². The third kappa shape index (κ3) is 4.74. The first kappa shape index (κ1) is 21.6. The van der Waals surface area contributed by atoms with Gasteiger partial charge in [-0.2, -0.15) is 0 Å². The van der Waals surface area contributed by atoms with Crippen molar-refractivity contribution in [1.29, 1.82) is 0 Å². The van der Waals surface area contributed by atoms with Crippen molar-refractivity contribution >= 4 is 34.4 Å². The van der Waals surface area contributed by atoms with Crippen LogP contribution in [0.5, 0.6) is 0 Å². The Morgan fingerprint density at radius 1 is 0.794 bits per heavy atom. The summed E-state index contributed by atoms with van der Waals surface area (Å²) < 4.78 is 1.76. The minimum Gasteiger partial charge on any atom is -0.355 e. The van der Waals surface area contributed by atoms with Crippen LogP contribution in [0.3, 0.4) is 0 Å². The van der Waals surface area contributed by atoms with Gasteiger partial charge in [0.25, 0.3) is 0 Å². The summed E-state index contributed by atoms with van der Waals surface area (Å²) in [5, 5.41) is 16.0. The lowest BCUT2D eigenvalue weighted by atomic mass is 10.1. The Balaban J connectivity index is 1.33. The zero-order valence-electron chi connectivity index (χ0n) is 18.7. The zero-order chi connectivity index (χ0) is 23.5. The van der Waals surface area contributed by atoms with E-state index in [0.717, 1.165) is 51.1 Å². The molecule has 8 heteroatoms. The molecule has 0 spiro atoms. The van der Waals surface area contributed by atoms with Crippen molar-refractivity contribution in [3.63, 3.8) is 0 Å². The molecule has 0 fully saturated rings. The summed E-state index contributed by atoms with van der Waals surface area (Å²) >= 11 is 6.38. The SMILES string of the molecule is Cc1cc(Nc2ccc(-n3cc(-c4cccc(Nc5ccnc(C)c5Cl)c4)nn3)cc2)ccn1. The van der Waals surface area contributed by atoms with Gasteiger partial charge < -0.3 is 10.6 Å². The minimum absolute atomic E-state index is 0.607. The number of halogens is 1. The highest BCUT2D eigenvalue weighted by atomic mass is 35.5. The third-order valence-corrected chi connectivity index (χ3v) is 5.79. The van der Waals surface area contributed by atoms with Crippen LogP contribution in [-0.2, 0) is 0 Å². The number of nitrogens with one attached hydrogen (secondary N) is 2. The van der Waals surface area contributed by atoms with Crippen molar-refractivity contribution in [1.82, 2.24) is 25.0 Å². The standard InChI is InChI=1S/C26H22ClN7/c1-17-14-22(10-12-28-17)30-20-6-8-23(9-7-20)34-16-25(32-33-34)19-4-3-5-21(15-19)31-24-11-13-29-18(2)26(24)27/h3-16H,1-2H3,(H,28,30)(H,29,31). The van der Waals surface area contributed by atoms with Crippen LogP contribution in [0.4, 0.5) is 22.7 Å². The molecule has 2 N–H and O–H groups in total. The van der Waals surface area contributed by atoms with Gasteiger partial charge in [-0.1, -0.05) is 28.9 Å². The van der Waals surface area contributed by atoms with Gasteiger partial charge in [0.1, 0.15) is 5.69 Å². The van der Waals surface area contributed by atoms with Crippen LogP contribution in [0.25, 0.3) is 16.9 Å². The Hall–Kier alpha value is -4.23. The highest BCUT2D eigenvalue weighted by Crippen LogP contribution is 2.29. The van der Waals surface area contributed by atoms with E-state index in [1.54, 1.807) is 17.1 Å². The van der Waals surface area contributed by atoms with E-state index in [0.29, 0.717) is 5.02 Å². The normalized spacial score (nSPS) is 10.8. The topological polar surface area (TPSA) is 80.5 Å². The molecule has 34 heavy (non-hydrogen) atoms. The summed E-state index contributed by atoms with van der Waals surface area (Å²) in [6, 6.07) is 21.8. The number of rotatable bonds is 6. The van der Waals surface area contributed by atoms with E-state index >= 15 is 0 Å². The molecule has 3 heterocycles. The fraction of sp³-hybridized carbons (Fsp3) is 0.0769. The number of hydrogen-bond acceptors (Lipinski definition) is 6. The number of nitrogens with zero attached hydrogens (tertiary/aromatic N) is 5. The van der Waals surface area contributed by atoms with Gasteiger partial charge in [-0.15, -0.1) is 5.10 Å². The molecule has 3 aromatic heterocycles. The Morgan fingerprint density at radius 2 is 1.59 bits per heavy atom. The first-order chi connectivity index (χ1) is 16.5. The number of hydrogen-bond donors (Lipinski definition) is 2. The molecule has 0 radical (unpaired) electrons. The Morgan fingerprint density at radius 3 is 2.41 bits per heavy atom. The predicted molar refractivity (Wildman–Crippen MR) is 136 cm³/mol. The molecule has 0 aliphatic heterocycles. The summed E-state index contributed by atoms with van der Waals surface area (Å²) in [7, 11) is 0. The minimum atomic E-state index is 0.607. The number of benzene rings is 2. The molecule has 5 rings (SSSR count). The fourth-order valence-corrected chi connectivity index (χ4v) is 3.73. The molecule has 0 amide bonds. The van der Waals surface area contributed by atoms with Gasteiger partial charge in [-0.05, 0) is 68.4 Å². The Bertz CT molecular complexity index is 1440. The maximum Gasteiger partial charge on any atom is 0.113 e. The molecule has 168 valence electrons. The monoisotopic (exact) mass is 467 g/mol. The van der Waals surface area contributed by atoms with E-state index in [1.165, 1.54) is 0 Å². The second kappa shape index (κ2) is 9.33. The molecule has 7 nitrogen and oxygen atoms in total. The van der Waals surface area contributed by atoms with Gasteiger partial charge in [0.2, 0.25) is 0 Å². The quantitative estimate of drug-likeness (QED) is 0.297. The van der Waals surface area contributed by atoms with Crippen LogP contribution < -0.4 is 10.6 Å². The van der Waals surface area contributed by atoms with Crippen LogP contribution in [0, 0.1) is 13.8 Å². The van der Waals surface area contributed by atoms with Gasteiger partial charge in [0.15, 0.2) is 0 Å². The molecular formula is C26H22ClN7. The van der Waals surface area contributed by atoms with E-state index in [-0.39, 0.29) is 0 Å². The maximum absolute atomic E-state index is 6.38. The smallest absolute Gasteiger partial charge is 0.113 e. The van der Waals surface area contributed by atoms with E-state index in [1.807, 2.05) is 86.8 Å². The van der Waals surface area contributed by atoms with Crippen molar-refractivity contribution in [3.05, 3.63) is 102 Å². The lowest BCUT2D eigenvalue weighted by molar-refractivity contribution is 0.804. The molecule has 0 aliphatic carbocycles. The lowest BCUT2D eigenvalue weighted by Crippen LogP contribution is -1.96. The van der Waals surface area contributed by atoms with Crippen LogP contribution in [0.2, 0.25) is 5.02 Å². The van der Waals surface area contributed by atoms with E-state index in [2.05, 4.69) is 30.9 Å². The van der Waals surface area contributed by atoms with Crippen molar-refractivity contribution in [2.75, 3.05) is 10.6 Å². The number of pyridine rings is 2. The summed E-state index contributed by atoms with van der Waals surface area (Å²) in [6.07, 6.45) is 5.44. The average Bonchev–Trinajstić information content (AvgIpc) is 3.33. The average molecular weight is 468 g/mol. The van der Waals surface area contributed by atoms with Gasteiger partial charge in [0, 0.05) is 40.7 Å². The fourth-order valence-electron chi connectivity index (χ4n) is 3.57. The maximum atomic E-state index is 6.38. The largest absolute Gasteiger partial charge is 0.355 e. The second-order valence-electron chi connectivity index (χ2n) is 7.87. The molecule has 0 saturated carbocycles. The molecule has 2 aromatic carbocycles. The molecule has 0 saturated heterocycles. The van der Waals surface area contributed by atoms with E-state index in [9.17, 15) is 0 Å². The first-order valence-electron chi connectivity index (χ1n) is 10.8. The molecule has 0 bridgehead atoms. The number of aryl methyl sites for hydroxylation is 2. The van der Waals surface area contributed by atoms with Crippen molar-refractivity contribution in [3.8, 4) is 16.9 Å². The van der Waals surface area contributed by atoms with Crippen molar-refractivity contribution < 1.29 is 0 Å². The summed E-state index contributed by atoms with van der Waals surface area (Å²) in [5.41, 5.74) is 8.09. The van der Waals surface area contributed by atoms with Gasteiger partial charge >= 0.3 is 0 Å². The van der Waals surface area contributed by atoms with Gasteiger partial charge in [-0.3, -0.25) is 9.97 Å². The zero-order valence-corrected chi connectivity index (χ0v) is 19.5. The van der Waals surface area contributed by atoms with Crippen molar-refractivity contribution in [2.24, 2.45) is 0 Å². The molecule has 5 aromatic rings. The lowest BCUT2D eigenvalue weighted by Gasteiger charge is -2.10. The van der Waals surface area contributed by atoms with Gasteiger partial charge in [-0.25, -0.2) is 4.68 Å². The second-order valence-corrected chi connectivity index (χ2v) is 8.25. The number of aromatic nitrogens is 5. The summed E-state index contributed by atoms with van der Waals surface area (Å²) in [4.78, 5) is 8.43. The van der Waals surface area contributed by atoms with Crippen molar-refractivity contribution in [2.45, 2.75) is 13.8 Å². The molecule has 0 aliphatic rings. The Kier molecular flexibility index (Phi) is 5.93. The summed E-state index contributed by atoms with van der Waals surface area (Å²) in [6.45, 7) is 3.85. The molecular weight excluding hydrogens is 446 g/mol. The van der Waals surface area contributed by atoms with Crippen LogP contribution in [-0.4, -0.2) is 25.0 Å². The van der Waals surface area contributed by atoms with Crippen LogP contribution in [0.1, 0.15) is 11.4 Å². The van der Waals surface area contributed by atoms with E-state index in [4.69, 9.17) is 11.6 Å². The first-order valence-corrected chi connectivity index (χ1v) is 11.1. The summed E-state index contributed by atoms with van der Waals surface area (Å²) in [5.74, 6) is 0. The Labute approximate surface area is 202 Å². The third-order valence-electron chi connectivity index (χ3n) is 5.31. The van der Waals surface area contributed by atoms with Crippen LogP contribution in [0.15, 0.2) is 85.3 Å². The number of anilines is 4.